The van der Waals surface area contributed by atoms with Crippen molar-refractivity contribution in [3.05, 3.63) is 52.7 Å². The maximum absolute atomic E-state index is 9.10. The van der Waals surface area contributed by atoms with Crippen LogP contribution in [0.5, 0.6) is 0 Å². The smallest absolute Gasteiger partial charge is 0.101 e. The first-order chi connectivity index (χ1) is 8.58. The molecule has 2 rings (SSSR count). The summed E-state index contributed by atoms with van der Waals surface area (Å²) < 4.78 is 0. The summed E-state index contributed by atoms with van der Waals surface area (Å²) in [6.07, 6.45) is 0. The normalized spacial score (nSPS) is 10.7. The minimum atomic E-state index is 0.0909. The van der Waals surface area contributed by atoms with Crippen molar-refractivity contribution in [3.8, 4) is 0 Å². The number of rotatable bonds is 3. The van der Waals surface area contributed by atoms with Gasteiger partial charge in [0.1, 0.15) is 5.03 Å². The zero-order chi connectivity index (χ0) is 13.1. The third-order valence-electron chi connectivity index (χ3n) is 2.71. The van der Waals surface area contributed by atoms with Crippen molar-refractivity contribution in [2.24, 2.45) is 0 Å². The Kier molecular flexibility index (Phi) is 4.04. The lowest BCUT2D eigenvalue weighted by Gasteiger charge is -2.08. The number of benzene rings is 1. The fraction of sp³-hybridized carbons (Fsp3) is 0.267. The number of aromatic nitrogens is 1. The molecule has 0 fully saturated rings. The van der Waals surface area contributed by atoms with Crippen LogP contribution in [0.1, 0.15) is 22.4 Å². The van der Waals surface area contributed by atoms with E-state index in [1.165, 1.54) is 16.0 Å². The molecule has 0 amide bonds. The molecule has 0 spiro atoms. The molecule has 0 bridgehead atoms. The van der Waals surface area contributed by atoms with Crippen LogP contribution in [0.3, 0.4) is 0 Å². The Bertz CT molecular complexity index is 546. The molecule has 1 heterocycles. The van der Waals surface area contributed by atoms with E-state index in [1.807, 2.05) is 25.1 Å². The van der Waals surface area contributed by atoms with Crippen molar-refractivity contribution < 1.29 is 5.11 Å². The highest BCUT2D eigenvalue weighted by Crippen LogP contribution is 2.30. The second-order valence-electron chi connectivity index (χ2n) is 4.48. The molecule has 1 N–H and O–H groups in total. The minimum absolute atomic E-state index is 0.0909. The van der Waals surface area contributed by atoms with Gasteiger partial charge in [-0.1, -0.05) is 23.9 Å². The second kappa shape index (κ2) is 5.55. The fourth-order valence-corrected chi connectivity index (χ4v) is 2.91. The van der Waals surface area contributed by atoms with Crippen molar-refractivity contribution in [3.63, 3.8) is 0 Å². The van der Waals surface area contributed by atoms with Crippen LogP contribution in [-0.2, 0) is 6.61 Å². The highest BCUT2D eigenvalue weighted by Gasteiger charge is 2.04. The number of aliphatic hydroxyl groups excluding tert-OH is 1. The quantitative estimate of drug-likeness (QED) is 0.913. The summed E-state index contributed by atoms with van der Waals surface area (Å²) in [5.74, 6) is 0. The summed E-state index contributed by atoms with van der Waals surface area (Å²) in [6.45, 7) is 6.25. The molecule has 2 aromatic rings. The lowest BCUT2D eigenvalue weighted by Crippen LogP contribution is -1.89. The molecule has 0 radical (unpaired) electrons. The van der Waals surface area contributed by atoms with Crippen molar-refractivity contribution in [2.75, 3.05) is 0 Å². The van der Waals surface area contributed by atoms with Gasteiger partial charge in [-0.3, -0.25) is 0 Å². The van der Waals surface area contributed by atoms with Crippen LogP contribution in [0, 0.1) is 20.8 Å². The van der Waals surface area contributed by atoms with Crippen LogP contribution >= 0.6 is 11.8 Å². The Morgan fingerprint density at radius 3 is 2.50 bits per heavy atom. The molecule has 0 saturated heterocycles. The highest BCUT2D eigenvalue weighted by atomic mass is 32.2. The van der Waals surface area contributed by atoms with Crippen LogP contribution in [0.4, 0.5) is 0 Å². The monoisotopic (exact) mass is 259 g/mol. The van der Waals surface area contributed by atoms with Gasteiger partial charge in [-0.15, -0.1) is 0 Å². The van der Waals surface area contributed by atoms with Gasteiger partial charge in [0.05, 0.1) is 6.61 Å². The van der Waals surface area contributed by atoms with Gasteiger partial charge in [0.25, 0.3) is 0 Å². The predicted octanol–water partition coefficient (Wildman–Crippen LogP) is 3.65. The predicted molar refractivity (Wildman–Crippen MR) is 74.9 cm³/mol. The molecule has 18 heavy (non-hydrogen) atoms. The molecular formula is C15H17NOS. The van der Waals surface area contributed by atoms with Crippen LogP contribution in [-0.4, -0.2) is 10.1 Å². The lowest BCUT2D eigenvalue weighted by atomic mass is 10.1. The average molecular weight is 259 g/mol. The van der Waals surface area contributed by atoms with Crippen LogP contribution in [0.2, 0.25) is 0 Å². The maximum atomic E-state index is 9.10. The van der Waals surface area contributed by atoms with Gasteiger partial charge in [-0.05, 0) is 55.7 Å². The Morgan fingerprint density at radius 1 is 1.11 bits per heavy atom. The minimum Gasteiger partial charge on any atom is -0.392 e. The molecule has 0 aliphatic heterocycles. The maximum Gasteiger partial charge on any atom is 0.101 e. The zero-order valence-corrected chi connectivity index (χ0v) is 11.7. The molecule has 0 saturated carbocycles. The van der Waals surface area contributed by atoms with Gasteiger partial charge in [0.15, 0.2) is 0 Å². The van der Waals surface area contributed by atoms with E-state index < -0.39 is 0 Å². The third-order valence-corrected chi connectivity index (χ3v) is 3.81. The van der Waals surface area contributed by atoms with E-state index in [4.69, 9.17) is 5.11 Å². The molecule has 0 unspecified atom stereocenters. The second-order valence-corrected chi connectivity index (χ2v) is 5.55. The Morgan fingerprint density at radius 2 is 1.89 bits per heavy atom. The summed E-state index contributed by atoms with van der Waals surface area (Å²) in [5.41, 5.74) is 4.40. The summed E-state index contributed by atoms with van der Waals surface area (Å²) >= 11 is 1.67. The topological polar surface area (TPSA) is 33.1 Å². The average Bonchev–Trinajstić information content (AvgIpc) is 2.30. The molecule has 0 atom stereocenters. The van der Waals surface area contributed by atoms with Gasteiger partial charge in [-0.2, -0.15) is 0 Å². The van der Waals surface area contributed by atoms with Gasteiger partial charge in [-0.25, -0.2) is 4.98 Å². The molecule has 1 aromatic heterocycles. The Labute approximate surface area is 112 Å². The number of aliphatic hydroxyl groups is 1. The summed E-state index contributed by atoms with van der Waals surface area (Å²) in [5, 5.41) is 10.1. The Balaban J connectivity index is 2.28. The highest BCUT2D eigenvalue weighted by molar-refractivity contribution is 7.99. The number of pyridine rings is 1. The van der Waals surface area contributed by atoms with Gasteiger partial charge < -0.3 is 5.11 Å². The van der Waals surface area contributed by atoms with Gasteiger partial charge >= 0.3 is 0 Å². The largest absolute Gasteiger partial charge is 0.392 e. The van der Waals surface area contributed by atoms with E-state index >= 15 is 0 Å². The molecule has 2 nitrogen and oxygen atoms in total. The standard InChI is InChI=1S/C15H17NOS/c1-10-6-12(3)16-15(7-10)18-14-5-4-13(9-17)8-11(14)2/h4-8,17H,9H2,1-3H3. The summed E-state index contributed by atoms with van der Waals surface area (Å²) in [7, 11) is 0. The van der Waals surface area contributed by atoms with Crippen molar-refractivity contribution in [1.29, 1.82) is 0 Å². The summed E-state index contributed by atoms with van der Waals surface area (Å²) in [4.78, 5) is 5.71. The van der Waals surface area contributed by atoms with E-state index in [0.717, 1.165) is 16.3 Å². The zero-order valence-electron chi connectivity index (χ0n) is 10.9. The van der Waals surface area contributed by atoms with Gasteiger partial charge in [0.2, 0.25) is 0 Å². The van der Waals surface area contributed by atoms with Crippen LogP contribution in [0.25, 0.3) is 0 Å². The first-order valence-electron chi connectivity index (χ1n) is 5.92. The molecule has 1 aromatic carbocycles. The summed E-state index contributed by atoms with van der Waals surface area (Å²) in [6, 6.07) is 10.2. The number of hydrogen-bond donors (Lipinski definition) is 1. The van der Waals surface area contributed by atoms with E-state index in [2.05, 4.69) is 31.0 Å². The molecular weight excluding hydrogens is 242 g/mol. The van der Waals surface area contributed by atoms with E-state index in [-0.39, 0.29) is 6.61 Å². The van der Waals surface area contributed by atoms with Crippen LogP contribution in [0.15, 0.2) is 40.3 Å². The number of nitrogens with zero attached hydrogens (tertiary/aromatic N) is 1. The van der Waals surface area contributed by atoms with Crippen molar-refractivity contribution in [1.82, 2.24) is 4.98 Å². The van der Waals surface area contributed by atoms with Gasteiger partial charge in [0, 0.05) is 10.6 Å². The number of hydrogen-bond acceptors (Lipinski definition) is 3. The Hall–Kier alpha value is -1.32. The van der Waals surface area contributed by atoms with Crippen molar-refractivity contribution in [2.45, 2.75) is 37.3 Å². The van der Waals surface area contributed by atoms with E-state index in [0.29, 0.717) is 0 Å². The first kappa shape index (κ1) is 13.1. The third kappa shape index (κ3) is 3.12. The van der Waals surface area contributed by atoms with E-state index in [1.54, 1.807) is 11.8 Å². The fourth-order valence-electron chi connectivity index (χ4n) is 1.89. The van der Waals surface area contributed by atoms with Crippen molar-refractivity contribution >= 4 is 11.8 Å². The number of aryl methyl sites for hydroxylation is 3. The first-order valence-corrected chi connectivity index (χ1v) is 6.73. The molecule has 94 valence electrons. The lowest BCUT2D eigenvalue weighted by molar-refractivity contribution is 0.281. The van der Waals surface area contributed by atoms with Crippen LogP contribution < -0.4 is 0 Å². The van der Waals surface area contributed by atoms with E-state index in [9.17, 15) is 0 Å². The molecule has 0 aliphatic rings. The molecule has 3 heteroatoms. The SMILES string of the molecule is Cc1cc(C)nc(Sc2ccc(CO)cc2C)c1. The molecule has 0 aliphatic carbocycles.